The molecule has 0 aromatic heterocycles. The topological polar surface area (TPSA) is 57.5 Å². The van der Waals surface area contributed by atoms with Gasteiger partial charge in [-0.1, -0.05) is 50.6 Å². The van der Waals surface area contributed by atoms with Gasteiger partial charge in [0.25, 0.3) is 0 Å². The number of hydrogen-bond donors (Lipinski definition) is 2. The Balaban J connectivity index is 1.41. The van der Waals surface area contributed by atoms with Crippen LogP contribution in [0.3, 0.4) is 0 Å². The summed E-state index contributed by atoms with van der Waals surface area (Å²) < 4.78 is 0. The van der Waals surface area contributed by atoms with Crippen molar-refractivity contribution in [3.05, 3.63) is 35.9 Å². The first-order valence-electron chi connectivity index (χ1n) is 12.3. The van der Waals surface area contributed by atoms with Gasteiger partial charge < -0.3 is 10.2 Å². The number of benzene rings is 1. The second-order valence-corrected chi connectivity index (χ2v) is 10.8. The van der Waals surface area contributed by atoms with Gasteiger partial charge in [0.2, 0.25) is 0 Å². The molecule has 3 nitrogen and oxygen atoms in total. The third-order valence-electron chi connectivity index (χ3n) is 9.44. The van der Waals surface area contributed by atoms with Crippen LogP contribution in [0.15, 0.2) is 30.3 Å². The van der Waals surface area contributed by atoms with Crippen LogP contribution >= 0.6 is 0 Å². The van der Waals surface area contributed by atoms with Gasteiger partial charge in [-0.3, -0.25) is 4.79 Å². The highest BCUT2D eigenvalue weighted by atomic mass is 16.3. The Kier molecular flexibility index (Phi) is 6.70. The molecule has 4 rings (SSSR count). The zero-order chi connectivity index (χ0) is 21.3. The third kappa shape index (κ3) is 4.00. The fourth-order valence-electron chi connectivity index (χ4n) is 7.82. The monoisotopic (exact) mass is 412 g/mol. The van der Waals surface area contributed by atoms with E-state index in [1.54, 1.807) is 0 Å². The minimum absolute atomic E-state index is 0.000192. The van der Waals surface area contributed by atoms with Crippen LogP contribution in [0, 0.1) is 40.9 Å². The predicted octanol–water partition coefficient (Wildman–Crippen LogP) is 5.50. The van der Waals surface area contributed by atoms with E-state index < -0.39 is 0 Å². The average molecular weight is 413 g/mol. The number of hydrogen-bond acceptors (Lipinski definition) is 3. The molecule has 3 aliphatic rings. The normalized spacial score (nSPS) is 39.2. The van der Waals surface area contributed by atoms with E-state index in [1.165, 1.54) is 32.1 Å². The van der Waals surface area contributed by atoms with Crippen molar-refractivity contribution < 1.29 is 15.0 Å². The van der Waals surface area contributed by atoms with Crippen LogP contribution in [0.25, 0.3) is 0 Å². The quantitative estimate of drug-likeness (QED) is 0.582. The standard InChI is InChI=1S/C27H40O3/c1-18(8-13-25(29)20-6-4-3-5-7-20)23-11-12-24-22-10-9-19(14-15-28)16-21(22)17-26(30)27(23,24)2/h3-7,18-19,21-24,26,28,30H,8-17H2,1-2H3. The summed E-state index contributed by atoms with van der Waals surface area (Å²) in [6, 6.07) is 9.65. The number of aliphatic hydroxyl groups is 2. The molecule has 0 heterocycles. The first-order valence-corrected chi connectivity index (χ1v) is 12.3. The Labute approximate surface area is 182 Å². The van der Waals surface area contributed by atoms with Crippen LogP contribution in [-0.2, 0) is 0 Å². The number of carbonyl (C=O) groups is 1. The Bertz CT molecular complexity index is 716. The van der Waals surface area contributed by atoms with E-state index in [2.05, 4.69) is 13.8 Å². The average Bonchev–Trinajstić information content (AvgIpc) is 3.12. The molecule has 0 saturated heterocycles. The fourth-order valence-corrected chi connectivity index (χ4v) is 7.82. The van der Waals surface area contributed by atoms with Gasteiger partial charge in [0, 0.05) is 18.6 Å². The van der Waals surface area contributed by atoms with Gasteiger partial charge in [-0.05, 0) is 85.9 Å². The number of ketones is 1. The van der Waals surface area contributed by atoms with E-state index in [-0.39, 0.29) is 17.3 Å². The molecule has 30 heavy (non-hydrogen) atoms. The van der Waals surface area contributed by atoms with Crippen molar-refractivity contribution in [1.29, 1.82) is 0 Å². The Morgan fingerprint density at radius 1 is 1.13 bits per heavy atom. The molecule has 3 heteroatoms. The van der Waals surface area contributed by atoms with Gasteiger partial charge in [-0.15, -0.1) is 0 Å². The summed E-state index contributed by atoms with van der Waals surface area (Å²) in [6.45, 7) is 4.98. The highest BCUT2D eigenvalue weighted by Gasteiger charge is 2.59. The van der Waals surface area contributed by atoms with Gasteiger partial charge in [0.1, 0.15) is 0 Å². The van der Waals surface area contributed by atoms with Gasteiger partial charge in [-0.25, -0.2) is 0 Å². The van der Waals surface area contributed by atoms with Gasteiger partial charge in [-0.2, -0.15) is 0 Å². The summed E-state index contributed by atoms with van der Waals surface area (Å²) >= 11 is 0. The van der Waals surface area contributed by atoms with Gasteiger partial charge in [0.15, 0.2) is 5.78 Å². The molecule has 0 spiro atoms. The molecule has 8 atom stereocenters. The fraction of sp³-hybridized carbons (Fsp3) is 0.741. The SMILES string of the molecule is CC(CCC(=O)c1ccccc1)C1CCC2C3CCC(CCO)CC3CC(O)C12C. The lowest BCUT2D eigenvalue weighted by Crippen LogP contribution is -2.53. The van der Waals surface area contributed by atoms with E-state index in [1.807, 2.05) is 30.3 Å². The summed E-state index contributed by atoms with van der Waals surface area (Å²) in [5, 5.41) is 20.7. The van der Waals surface area contributed by atoms with E-state index >= 15 is 0 Å². The maximum Gasteiger partial charge on any atom is 0.162 e. The zero-order valence-corrected chi connectivity index (χ0v) is 18.8. The predicted molar refractivity (Wildman–Crippen MR) is 120 cm³/mol. The number of fused-ring (bicyclic) bond motifs is 3. The lowest BCUT2D eigenvalue weighted by molar-refractivity contribution is -0.124. The van der Waals surface area contributed by atoms with Crippen LogP contribution in [0.2, 0.25) is 0 Å². The summed E-state index contributed by atoms with van der Waals surface area (Å²) in [7, 11) is 0. The molecule has 0 amide bonds. The van der Waals surface area contributed by atoms with Crippen molar-refractivity contribution in [2.75, 3.05) is 6.61 Å². The molecule has 3 fully saturated rings. The number of Topliss-reactive ketones (excluding diaryl/α,β-unsaturated/α-hetero) is 1. The highest BCUT2D eigenvalue weighted by Crippen LogP contribution is 2.63. The van der Waals surface area contributed by atoms with Gasteiger partial charge >= 0.3 is 0 Å². The van der Waals surface area contributed by atoms with Crippen molar-refractivity contribution in [3.63, 3.8) is 0 Å². The molecule has 3 aliphatic carbocycles. The largest absolute Gasteiger partial charge is 0.396 e. The van der Waals surface area contributed by atoms with E-state index in [4.69, 9.17) is 0 Å². The lowest BCUT2D eigenvalue weighted by Gasteiger charge is -2.55. The molecular formula is C27H40O3. The minimum Gasteiger partial charge on any atom is -0.396 e. The maximum absolute atomic E-state index is 12.6. The molecule has 166 valence electrons. The molecule has 3 saturated carbocycles. The van der Waals surface area contributed by atoms with E-state index in [9.17, 15) is 15.0 Å². The maximum atomic E-state index is 12.6. The summed E-state index contributed by atoms with van der Waals surface area (Å²) in [5.41, 5.74) is 0.820. The Morgan fingerprint density at radius 3 is 2.63 bits per heavy atom. The molecule has 2 N–H and O–H groups in total. The third-order valence-corrected chi connectivity index (χ3v) is 9.44. The smallest absolute Gasteiger partial charge is 0.162 e. The summed E-state index contributed by atoms with van der Waals surface area (Å²) in [4.78, 5) is 12.6. The Morgan fingerprint density at radius 2 is 1.90 bits per heavy atom. The molecule has 1 aromatic carbocycles. The summed E-state index contributed by atoms with van der Waals surface area (Å²) in [5.74, 6) is 3.87. The number of carbonyl (C=O) groups excluding carboxylic acids is 1. The van der Waals surface area contributed by atoms with E-state index in [0.29, 0.717) is 42.6 Å². The van der Waals surface area contributed by atoms with Crippen molar-refractivity contribution >= 4 is 5.78 Å². The number of rotatable bonds is 7. The minimum atomic E-state index is -0.226. The van der Waals surface area contributed by atoms with Crippen molar-refractivity contribution in [2.45, 2.75) is 77.7 Å². The second kappa shape index (κ2) is 9.12. The zero-order valence-electron chi connectivity index (χ0n) is 18.8. The van der Waals surface area contributed by atoms with Gasteiger partial charge in [0.05, 0.1) is 6.10 Å². The Hall–Kier alpha value is -1.19. The van der Waals surface area contributed by atoms with Crippen LogP contribution in [0.5, 0.6) is 0 Å². The van der Waals surface area contributed by atoms with Crippen LogP contribution in [0.1, 0.15) is 82.0 Å². The van der Waals surface area contributed by atoms with Crippen molar-refractivity contribution in [2.24, 2.45) is 40.9 Å². The number of aliphatic hydroxyl groups excluding tert-OH is 2. The first kappa shape index (κ1) is 22.0. The molecule has 8 unspecified atom stereocenters. The highest BCUT2D eigenvalue weighted by molar-refractivity contribution is 5.95. The van der Waals surface area contributed by atoms with Crippen LogP contribution in [0.4, 0.5) is 0 Å². The molecule has 0 radical (unpaired) electrons. The first-order chi connectivity index (χ1) is 14.4. The second-order valence-electron chi connectivity index (χ2n) is 10.8. The van der Waals surface area contributed by atoms with E-state index in [0.717, 1.165) is 30.7 Å². The molecule has 1 aromatic rings. The van der Waals surface area contributed by atoms with Crippen molar-refractivity contribution in [1.82, 2.24) is 0 Å². The summed E-state index contributed by atoms with van der Waals surface area (Å²) in [6.07, 6.45) is 9.31. The molecular weight excluding hydrogens is 372 g/mol. The van der Waals surface area contributed by atoms with Crippen molar-refractivity contribution in [3.8, 4) is 0 Å². The molecule has 0 bridgehead atoms. The lowest BCUT2D eigenvalue weighted by atomic mass is 9.51. The van der Waals surface area contributed by atoms with Crippen LogP contribution < -0.4 is 0 Å². The molecule has 0 aliphatic heterocycles. The van der Waals surface area contributed by atoms with Crippen LogP contribution in [-0.4, -0.2) is 28.7 Å².